The largest absolute Gasteiger partial charge is 0.349 e. The maximum Gasteiger partial charge on any atom is 0.251 e. The first-order valence-corrected chi connectivity index (χ1v) is 10.9. The molecule has 2 heterocycles. The number of anilines is 1. The lowest BCUT2D eigenvalue weighted by Crippen LogP contribution is -2.34. The van der Waals surface area contributed by atoms with Gasteiger partial charge in [-0.25, -0.2) is 8.42 Å². The van der Waals surface area contributed by atoms with Crippen molar-refractivity contribution in [3.05, 3.63) is 51.2 Å². The van der Waals surface area contributed by atoms with Crippen LogP contribution in [0.2, 0.25) is 0 Å². The van der Waals surface area contributed by atoms with E-state index in [1.54, 1.807) is 29.5 Å². The first-order valence-electron chi connectivity index (χ1n) is 8.21. The summed E-state index contributed by atoms with van der Waals surface area (Å²) < 4.78 is 25.0. The molecule has 5 nitrogen and oxygen atoms in total. The minimum Gasteiger partial charge on any atom is -0.349 e. The van der Waals surface area contributed by atoms with Crippen molar-refractivity contribution in [1.82, 2.24) is 5.32 Å². The fraction of sp³-hybridized carbons (Fsp3) is 0.389. The normalized spacial score (nSPS) is 15.1. The van der Waals surface area contributed by atoms with E-state index in [-0.39, 0.29) is 11.9 Å². The van der Waals surface area contributed by atoms with Gasteiger partial charge in [-0.1, -0.05) is 0 Å². The number of nitrogens with zero attached hydrogens (tertiary/aromatic N) is 1. The SMILES string of the molecule is Cc1ccc(C[C@H](C)NC(=O)c2ccc3c(c2)CCN3S(C)(=O)=O)s1. The molecule has 1 aromatic carbocycles. The van der Waals surface area contributed by atoms with Gasteiger partial charge < -0.3 is 5.32 Å². The van der Waals surface area contributed by atoms with Gasteiger partial charge in [-0.2, -0.15) is 0 Å². The topological polar surface area (TPSA) is 66.5 Å². The summed E-state index contributed by atoms with van der Waals surface area (Å²) in [5.41, 5.74) is 2.16. The van der Waals surface area contributed by atoms with Crippen LogP contribution in [-0.4, -0.2) is 33.2 Å². The summed E-state index contributed by atoms with van der Waals surface area (Å²) in [4.78, 5) is 15.0. The fourth-order valence-corrected chi connectivity index (χ4v) is 5.09. The summed E-state index contributed by atoms with van der Waals surface area (Å²) in [6.07, 6.45) is 2.64. The molecule has 0 saturated carbocycles. The Morgan fingerprint density at radius 1 is 1.32 bits per heavy atom. The lowest BCUT2D eigenvalue weighted by molar-refractivity contribution is 0.0940. The maximum atomic E-state index is 12.5. The van der Waals surface area contributed by atoms with E-state index in [4.69, 9.17) is 0 Å². The molecule has 1 N–H and O–H groups in total. The Labute approximate surface area is 152 Å². The van der Waals surface area contributed by atoms with Gasteiger partial charge in [-0.15, -0.1) is 11.3 Å². The quantitative estimate of drug-likeness (QED) is 0.870. The van der Waals surface area contributed by atoms with Crippen molar-refractivity contribution in [3.8, 4) is 0 Å². The van der Waals surface area contributed by atoms with E-state index in [9.17, 15) is 13.2 Å². The number of carbonyl (C=O) groups excluding carboxylic acids is 1. The van der Waals surface area contributed by atoms with Crippen molar-refractivity contribution in [3.63, 3.8) is 0 Å². The molecule has 0 unspecified atom stereocenters. The van der Waals surface area contributed by atoms with Crippen LogP contribution in [0.5, 0.6) is 0 Å². The van der Waals surface area contributed by atoms with Crippen LogP contribution >= 0.6 is 11.3 Å². The molecule has 1 amide bonds. The molecule has 0 bridgehead atoms. The van der Waals surface area contributed by atoms with E-state index in [1.165, 1.54) is 20.3 Å². The highest BCUT2D eigenvalue weighted by Crippen LogP contribution is 2.30. The number of hydrogen-bond donors (Lipinski definition) is 1. The molecule has 0 spiro atoms. The predicted molar refractivity (Wildman–Crippen MR) is 102 cm³/mol. The van der Waals surface area contributed by atoms with E-state index in [0.717, 1.165) is 12.0 Å². The first kappa shape index (κ1) is 17.9. The molecule has 0 aliphatic carbocycles. The average Bonchev–Trinajstić information content (AvgIpc) is 3.11. The second kappa shape index (κ2) is 6.80. The third-order valence-electron chi connectivity index (χ3n) is 4.28. The monoisotopic (exact) mass is 378 g/mol. The number of nitrogens with one attached hydrogen (secondary N) is 1. The van der Waals surface area contributed by atoms with Crippen molar-refractivity contribution in [1.29, 1.82) is 0 Å². The van der Waals surface area contributed by atoms with Gasteiger partial charge in [0.05, 0.1) is 11.9 Å². The average molecular weight is 379 g/mol. The molecule has 1 aliphatic rings. The number of hydrogen-bond acceptors (Lipinski definition) is 4. The van der Waals surface area contributed by atoms with Crippen LogP contribution in [0.3, 0.4) is 0 Å². The third-order valence-corrected chi connectivity index (χ3v) is 6.48. The van der Waals surface area contributed by atoms with Gasteiger partial charge in [0.25, 0.3) is 5.91 Å². The van der Waals surface area contributed by atoms with Crippen LogP contribution in [0.15, 0.2) is 30.3 Å². The Morgan fingerprint density at radius 2 is 2.08 bits per heavy atom. The second-order valence-electron chi connectivity index (χ2n) is 6.52. The minimum atomic E-state index is -3.27. The zero-order valence-corrected chi connectivity index (χ0v) is 16.2. The van der Waals surface area contributed by atoms with Crippen LogP contribution in [-0.2, 0) is 22.9 Å². The highest BCUT2D eigenvalue weighted by molar-refractivity contribution is 7.92. The van der Waals surface area contributed by atoms with Gasteiger partial charge in [-0.3, -0.25) is 9.10 Å². The van der Waals surface area contributed by atoms with Crippen LogP contribution in [0, 0.1) is 6.92 Å². The first-order chi connectivity index (χ1) is 11.7. The van der Waals surface area contributed by atoms with E-state index < -0.39 is 10.0 Å². The summed E-state index contributed by atoms with van der Waals surface area (Å²) in [6.45, 7) is 4.50. The number of amides is 1. The molecule has 0 radical (unpaired) electrons. The molecule has 1 aliphatic heterocycles. The number of aryl methyl sites for hydroxylation is 1. The highest BCUT2D eigenvalue weighted by Gasteiger charge is 2.26. The van der Waals surface area contributed by atoms with Crippen molar-refractivity contribution >= 4 is 33.0 Å². The van der Waals surface area contributed by atoms with Gasteiger partial charge in [0.2, 0.25) is 10.0 Å². The molecule has 2 aromatic rings. The van der Waals surface area contributed by atoms with Crippen molar-refractivity contribution in [2.45, 2.75) is 32.7 Å². The Balaban J connectivity index is 1.69. The Bertz CT molecular complexity index is 903. The summed E-state index contributed by atoms with van der Waals surface area (Å²) >= 11 is 1.74. The van der Waals surface area contributed by atoms with Crippen molar-refractivity contribution in [2.24, 2.45) is 0 Å². The fourth-order valence-electron chi connectivity index (χ4n) is 3.11. The van der Waals surface area contributed by atoms with E-state index in [2.05, 4.69) is 24.4 Å². The summed E-state index contributed by atoms with van der Waals surface area (Å²) in [5, 5.41) is 3.02. The zero-order valence-electron chi connectivity index (χ0n) is 14.6. The number of rotatable bonds is 5. The molecular weight excluding hydrogens is 356 g/mol. The number of sulfonamides is 1. The lowest BCUT2D eigenvalue weighted by atomic mass is 10.1. The number of carbonyl (C=O) groups is 1. The molecule has 134 valence electrons. The van der Waals surface area contributed by atoms with Gasteiger partial charge in [0, 0.05) is 34.3 Å². The molecule has 25 heavy (non-hydrogen) atoms. The molecule has 0 saturated heterocycles. The van der Waals surface area contributed by atoms with Crippen molar-refractivity contribution in [2.75, 3.05) is 17.1 Å². The molecule has 7 heteroatoms. The summed E-state index contributed by atoms with van der Waals surface area (Å²) in [7, 11) is -3.27. The van der Waals surface area contributed by atoms with Crippen molar-refractivity contribution < 1.29 is 13.2 Å². The molecule has 0 fully saturated rings. The van der Waals surface area contributed by atoms with Crippen LogP contribution in [0.4, 0.5) is 5.69 Å². The Morgan fingerprint density at radius 3 is 2.72 bits per heavy atom. The van der Waals surface area contributed by atoms with Gasteiger partial charge in [0.15, 0.2) is 0 Å². The van der Waals surface area contributed by atoms with Crippen LogP contribution in [0.25, 0.3) is 0 Å². The third kappa shape index (κ3) is 4.04. The van der Waals surface area contributed by atoms with E-state index >= 15 is 0 Å². The molecule has 1 atom stereocenters. The van der Waals surface area contributed by atoms with Crippen LogP contribution in [0.1, 0.15) is 32.6 Å². The standard InChI is InChI=1S/C18H22N2O3S2/c1-12(10-16-6-4-13(2)24-16)19-18(21)15-5-7-17-14(11-15)8-9-20(17)25(3,22)23/h4-7,11-12H,8-10H2,1-3H3,(H,19,21)/t12-/m0/s1. The van der Waals surface area contributed by atoms with Gasteiger partial charge >= 0.3 is 0 Å². The van der Waals surface area contributed by atoms with Gasteiger partial charge in [0.1, 0.15) is 0 Å². The minimum absolute atomic E-state index is 0.0336. The van der Waals surface area contributed by atoms with Crippen LogP contribution < -0.4 is 9.62 Å². The number of benzene rings is 1. The Hall–Kier alpha value is -1.86. The number of thiophene rings is 1. The number of fused-ring (bicyclic) bond motifs is 1. The highest BCUT2D eigenvalue weighted by atomic mass is 32.2. The second-order valence-corrected chi connectivity index (χ2v) is 9.80. The lowest BCUT2D eigenvalue weighted by Gasteiger charge is -2.17. The Kier molecular flexibility index (Phi) is 4.88. The maximum absolute atomic E-state index is 12.5. The summed E-state index contributed by atoms with van der Waals surface area (Å²) in [5.74, 6) is -0.124. The molecule has 1 aromatic heterocycles. The summed E-state index contributed by atoms with van der Waals surface area (Å²) in [6, 6.07) is 9.44. The molecular formula is C18H22N2O3S2. The zero-order chi connectivity index (χ0) is 18.2. The molecule has 3 rings (SSSR count). The smallest absolute Gasteiger partial charge is 0.251 e. The predicted octanol–water partition coefficient (Wildman–Crippen LogP) is 2.74. The van der Waals surface area contributed by atoms with E-state index in [1.807, 2.05) is 6.92 Å². The van der Waals surface area contributed by atoms with E-state index in [0.29, 0.717) is 24.2 Å². The van der Waals surface area contributed by atoms with Gasteiger partial charge in [-0.05, 0) is 56.2 Å².